The normalized spacial score (nSPS) is 12.9. The fourth-order valence-corrected chi connectivity index (χ4v) is 5.40. The number of aryl methyl sites for hydroxylation is 1. The molecular weight excluding hydrogens is 458 g/mol. The van der Waals surface area contributed by atoms with E-state index in [1.807, 2.05) is 24.4 Å². The van der Waals surface area contributed by atoms with E-state index in [2.05, 4.69) is 52.3 Å². The van der Waals surface area contributed by atoms with Crippen LogP contribution in [0, 0.1) is 0 Å². The molecule has 1 aliphatic rings. The van der Waals surface area contributed by atoms with Crippen LogP contribution in [0.15, 0.2) is 66.9 Å². The van der Waals surface area contributed by atoms with Crippen molar-refractivity contribution in [2.24, 2.45) is 5.73 Å². The number of primary amides is 1. The zero-order valence-corrected chi connectivity index (χ0v) is 21.3. The van der Waals surface area contributed by atoms with Gasteiger partial charge in [0, 0.05) is 35.8 Å². The number of carbonyl (C=O) groups excluding carboxylic acids is 1. The second-order valence-electron chi connectivity index (χ2n) is 9.89. The lowest BCUT2D eigenvalue weighted by molar-refractivity contribution is -0.118. The number of nitrogens with zero attached hydrogens (tertiary/aromatic N) is 3. The van der Waals surface area contributed by atoms with Crippen molar-refractivity contribution in [3.63, 3.8) is 0 Å². The molecule has 4 aromatic rings. The molecule has 2 aromatic carbocycles. The summed E-state index contributed by atoms with van der Waals surface area (Å²) in [4.78, 5) is 23.2. The molecule has 0 spiro atoms. The molecule has 0 aliphatic heterocycles. The number of carbonyl (C=O) groups is 1. The number of aromatic nitrogens is 2. The van der Waals surface area contributed by atoms with Crippen LogP contribution in [0.5, 0.6) is 0 Å². The molecule has 0 unspecified atom stereocenters. The van der Waals surface area contributed by atoms with Gasteiger partial charge in [-0.2, -0.15) is 0 Å². The molecule has 0 atom stereocenters. The number of nitrogens with two attached hydrogens (primary N) is 2. The first-order chi connectivity index (χ1) is 18.1. The predicted octanol–water partition coefficient (Wildman–Crippen LogP) is 6.33. The summed E-state index contributed by atoms with van der Waals surface area (Å²) < 4.78 is 0. The summed E-state index contributed by atoms with van der Waals surface area (Å²) >= 11 is 0. The Hall–Kier alpha value is -3.93. The molecule has 6 nitrogen and oxygen atoms in total. The van der Waals surface area contributed by atoms with Crippen LogP contribution in [0.2, 0.25) is 0 Å². The van der Waals surface area contributed by atoms with E-state index in [4.69, 9.17) is 16.5 Å². The van der Waals surface area contributed by atoms with Gasteiger partial charge in [-0.3, -0.25) is 9.78 Å². The van der Waals surface area contributed by atoms with Gasteiger partial charge in [-0.25, -0.2) is 4.98 Å². The summed E-state index contributed by atoms with van der Waals surface area (Å²) in [6, 6.07) is 20.9. The van der Waals surface area contributed by atoms with Crippen LogP contribution in [0.1, 0.15) is 56.2 Å². The van der Waals surface area contributed by atoms with Gasteiger partial charge in [0.15, 0.2) is 0 Å². The molecule has 2 aromatic heterocycles. The molecule has 4 N–H and O–H groups in total. The average molecular weight is 494 g/mol. The number of para-hydroxylation sites is 1. The minimum Gasteiger partial charge on any atom is -0.382 e. The van der Waals surface area contributed by atoms with E-state index in [-0.39, 0.29) is 5.91 Å². The minimum atomic E-state index is -0.229. The Bertz CT molecular complexity index is 1390. The average Bonchev–Trinajstić information content (AvgIpc) is 2.92. The van der Waals surface area contributed by atoms with Gasteiger partial charge in [0.05, 0.1) is 16.9 Å². The third-order valence-corrected chi connectivity index (χ3v) is 7.26. The molecular formula is C31H35N5O. The van der Waals surface area contributed by atoms with E-state index in [1.165, 1.54) is 29.8 Å². The van der Waals surface area contributed by atoms with Crippen molar-refractivity contribution in [2.75, 3.05) is 17.2 Å². The van der Waals surface area contributed by atoms with E-state index in [1.54, 1.807) is 0 Å². The van der Waals surface area contributed by atoms with Gasteiger partial charge < -0.3 is 16.4 Å². The van der Waals surface area contributed by atoms with E-state index in [0.29, 0.717) is 12.2 Å². The number of fused-ring (bicyclic) bond motifs is 2. The van der Waals surface area contributed by atoms with Crippen molar-refractivity contribution in [2.45, 2.75) is 57.8 Å². The van der Waals surface area contributed by atoms with Crippen LogP contribution in [-0.2, 0) is 17.6 Å². The molecule has 0 bridgehead atoms. The molecule has 0 radical (unpaired) electrons. The third kappa shape index (κ3) is 5.58. The zero-order valence-electron chi connectivity index (χ0n) is 21.3. The Labute approximate surface area is 218 Å². The fourth-order valence-electron chi connectivity index (χ4n) is 5.40. The first-order valence-electron chi connectivity index (χ1n) is 13.4. The summed E-state index contributed by atoms with van der Waals surface area (Å²) in [5.74, 6) is 0.298. The fraction of sp³-hybridized carbons (Fsp3) is 0.323. The van der Waals surface area contributed by atoms with Crippen LogP contribution in [0.4, 0.5) is 17.2 Å². The van der Waals surface area contributed by atoms with E-state index >= 15 is 0 Å². The maximum Gasteiger partial charge on any atom is 0.217 e. The molecule has 190 valence electrons. The van der Waals surface area contributed by atoms with Crippen LogP contribution in [-0.4, -0.2) is 22.4 Å². The lowest BCUT2D eigenvalue weighted by Gasteiger charge is -2.32. The second-order valence-corrected chi connectivity index (χ2v) is 9.89. The highest BCUT2D eigenvalue weighted by atomic mass is 16.1. The van der Waals surface area contributed by atoms with E-state index in [0.717, 1.165) is 72.8 Å². The maximum atomic E-state index is 11.1. The molecule has 0 fully saturated rings. The highest BCUT2D eigenvalue weighted by Crippen LogP contribution is 2.41. The van der Waals surface area contributed by atoms with E-state index in [9.17, 15) is 4.79 Å². The number of unbranched alkanes of at least 4 members (excludes halogenated alkanes) is 3. The Morgan fingerprint density at radius 3 is 2.49 bits per heavy atom. The third-order valence-electron chi connectivity index (χ3n) is 7.26. The van der Waals surface area contributed by atoms with Crippen molar-refractivity contribution in [1.82, 2.24) is 9.97 Å². The first kappa shape index (κ1) is 24.8. The Kier molecular flexibility index (Phi) is 7.64. The summed E-state index contributed by atoms with van der Waals surface area (Å²) in [5, 5.41) is 1.15. The van der Waals surface area contributed by atoms with Crippen molar-refractivity contribution in [3.8, 4) is 11.1 Å². The van der Waals surface area contributed by atoms with Gasteiger partial charge in [0.25, 0.3) is 0 Å². The molecule has 6 heteroatoms. The standard InChI is InChI=1S/C31H35N5O/c32-29(37)18-6-1-2-11-19-36(28-20-23(21-34-31(28)33)22-12-4-3-5-13-22)30-24-14-7-9-16-26(24)35-27-17-10-8-15-25(27)30/h3-5,7,9,12-14,16,20-21H,1-2,6,8,10-11,15,17-19H2,(H2,32,37)(H2,33,34). The summed E-state index contributed by atoms with van der Waals surface area (Å²) in [6.45, 7) is 0.807. The second kappa shape index (κ2) is 11.4. The van der Waals surface area contributed by atoms with Crippen LogP contribution < -0.4 is 16.4 Å². The quantitative estimate of drug-likeness (QED) is 0.252. The van der Waals surface area contributed by atoms with Crippen LogP contribution >= 0.6 is 0 Å². The molecule has 1 aliphatic carbocycles. The molecule has 1 amide bonds. The first-order valence-corrected chi connectivity index (χ1v) is 13.4. The van der Waals surface area contributed by atoms with Crippen molar-refractivity contribution in [3.05, 3.63) is 78.1 Å². The van der Waals surface area contributed by atoms with Crippen LogP contribution in [0.25, 0.3) is 22.0 Å². The van der Waals surface area contributed by atoms with Gasteiger partial charge in [0.2, 0.25) is 5.91 Å². The number of hydrogen-bond acceptors (Lipinski definition) is 5. The molecule has 0 saturated carbocycles. The topological polar surface area (TPSA) is 98.1 Å². The summed E-state index contributed by atoms with van der Waals surface area (Å²) in [7, 11) is 0. The monoisotopic (exact) mass is 493 g/mol. The summed E-state index contributed by atoms with van der Waals surface area (Å²) in [6.07, 6.45) is 10.5. The lowest BCUT2D eigenvalue weighted by atomic mass is 9.91. The Morgan fingerprint density at radius 1 is 0.892 bits per heavy atom. The molecule has 2 heterocycles. The Morgan fingerprint density at radius 2 is 1.65 bits per heavy atom. The number of rotatable bonds is 10. The van der Waals surface area contributed by atoms with Crippen molar-refractivity contribution >= 4 is 34.0 Å². The zero-order chi connectivity index (χ0) is 25.6. The van der Waals surface area contributed by atoms with Crippen molar-refractivity contribution in [1.29, 1.82) is 0 Å². The largest absolute Gasteiger partial charge is 0.382 e. The van der Waals surface area contributed by atoms with Crippen LogP contribution in [0.3, 0.4) is 0 Å². The number of hydrogen-bond donors (Lipinski definition) is 2. The predicted molar refractivity (Wildman–Crippen MR) is 152 cm³/mol. The Balaban J connectivity index is 1.58. The number of anilines is 3. The van der Waals surface area contributed by atoms with Gasteiger partial charge in [-0.15, -0.1) is 0 Å². The number of pyridine rings is 2. The smallest absolute Gasteiger partial charge is 0.217 e. The van der Waals surface area contributed by atoms with Gasteiger partial charge in [0.1, 0.15) is 5.82 Å². The lowest BCUT2D eigenvalue weighted by Crippen LogP contribution is -2.24. The number of amides is 1. The number of nitrogen functional groups attached to an aromatic ring is 1. The molecule has 37 heavy (non-hydrogen) atoms. The molecule has 0 saturated heterocycles. The van der Waals surface area contributed by atoms with Gasteiger partial charge in [-0.05, 0) is 61.8 Å². The maximum absolute atomic E-state index is 11.1. The summed E-state index contributed by atoms with van der Waals surface area (Å²) in [5.41, 5.74) is 19.8. The highest BCUT2D eigenvalue weighted by Gasteiger charge is 2.24. The number of benzene rings is 2. The van der Waals surface area contributed by atoms with E-state index < -0.39 is 0 Å². The van der Waals surface area contributed by atoms with Gasteiger partial charge >= 0.3 is 0 Å². The minimum absolute atomic E-state index is 0.229. The highest BCUT2D eigenvalue weighted by molar-refractivity contribution is 5.97. The molecule has 5 rings (SSSR count). The van der Waals surface area contributed by atoms with Gasteiger partial charge in [-0.1, -0.05) is 61.4 Å². The SMILES string of the molecule is NC(=O)CCCCCCN(c1cc(-c2ccccc2)cnc1N)c1c2c(nc3ccccc13)CCCC2. The van der Waals surface area contributed by atoms with Crippen molar-refractivity contribution < 1.29 is 4.79 Å².